The van der Waals surface area contributed by atoms with Crippen molar-refractivity contribution in [3.05, 3.63) is 48.3 Å². The quantitative estimate of drug-likeness (QED) is 0.739. The molecule has 1 saturated heterocycles. The highest BCUT2D eigenvalue weighted by Gasteiger charge is 2.23. The molecule has 1 aromatic heterocycles. The van der Waals surface area contributed by atoms with Gasteiger partial charge < -0.3 is 19.3 Å². The van der Waals surface area contributed by atoms with Crippen LogP contribution in [-0.4, -0.2) is 66.6 Å². The number of hydrogen-bond acceptors (Lipinski definition) is 7. The Balaban J connectivity index is 1.49. The SMILES string of the molecule is COc1ccccc1C(=O)OCC(=O)N1CCN(c2ncccn2)CC1. The lowest BCUT2D eigenvalue weighted by Crippen LogP contribution is -2.50. The molecule has 0 unspecified atom stereocenters. The van der Waals surface area contributed by atoms with Crippen molar-refractivity contribution >= 4 is 17.8 Å². The number of methoxy groups -OCH3 is 1. The van der Waals surface area contributed by atoms with E-state index in [0.717, 1.165) is 0 Å². The molecule has 1 aromatic carbocycles. The maximum Gasteiger partial charge on any atom is 0.342 e. The molecule has 3 rings (SSSR count). The van der Waals surface area contributed by atoms with Crippen LogP contribution in [0.1, 0.15) is 10.4 Å². The number of para-hydroxylation sites is 1. The minimum Gasteiger partial charge on any atom is -0.496 e. The van der Waals surface area contributed by atoms with Gasteiger partial charge in [-0.05, 0) is 18.2 Å². The van der Waals surface area contributed by atoms with E-state index in [1.165, 1.54) is 7.11 Å². The van der Waals surface area contributed by atoms with Gasteiger partial charge in [0.15, 0.2) is 6.61 Å². The van der Waals surface area contributed by atoms with Crippen LogP contribution in [-0.2, 0) is 9.53 Å². The molecular formula is C18H20N4O4. The second-order valence-electron chi connectivity index (χ2n) is 5.69. The second-order valence-corrected chi connectivity index (χ2v) is 5.69. The van der Waals surface area contributed by atoms with E-state index >= 15 is 0 Å². The maximum absolute atomic E-state index is 12.3. The zero-order valence-corrected chi connectivity index (χ0v) is 14.5. The molecule has 8 nitrogen and oxygen atoms in total. The predicted octanol–water partition coefficient (Wildman–Crippen LogP) is 0.991. The Morgan fingerprint density at radius 3 is 2.42 bits per heavy atom. The molecule has 1 amide bonds. The van der Waals surface area contributed by atoms with Gasteiger partial charge in [0.25, 0.3) is 5.91 Å². The van der Waals surface area contributed by atoms with Crippen LogP contribution in [0.4, 0.5) is 5.95 Å². The Labute approximate surface area is 151 Å². The molecule has 0 spiro atoms. The molecule has 1 aliphatic heterocycles. The van der Waals surface area contributed by atoms with Gasteiger partial charge in [-0.2, -0.15) is 0 Å². The molecule has 1 fully saturated rings. The van der Waals surface area contributed by atoms with E-state index in [1.807, 2.05) is 4.90 Å². The topological polar surface area (TPSA) is 84.9 Å². The lowest BCUT2D eigenvalue weighted by atomic mass is 10.2. The highest BCUT2D eigenvalue weighted by molar-refractivity contribution is 5.94. The van der Waals surface area contributed by atoms with Crippen LogP contribution < -0.4 is 9.64 Å². The molecule has 8 heteroatoms. The molecule has 0 radical (unpaired) electrons. The summed E-state index contributed by atoms with van der Waals surface area (Å²) in [5.41, 5.74) is 0.300. The minimum absolute atomic E-state index is 0.220. The average Bonchev–Trinajstić information content (AvgIpc) is 2.72. The third kappa shape index (κ3) is 4.08. The van der Waals surface area contributed by atoms with Gasteiger partial charge in [-0.1, -0.05) is 12.1 Å². The molecule has 0 atom stereocenters. The van der Waals surface area contributed by atoms with Crippen molar-refractivity contribution < 1.29 is 19.1 Å². The molecular weight excluding hydrogens is 336 g/mol. The lowest BCUT2D eigenvalue weighted by molar-refractivity contribution is -0.134. The summed E-state index contributed by atoms with van der Waals surface area (Å²) in [5.74, 6) is 0.276. The van der Waals surface area contributed by atoms with Gasteiger partial charge in [-0.15, -0.1) is 0 Å². The minimum atomic E-state index is -0.577. The first-order valence-corrected chi connectivity index (χ1v) is 8.29. The maximum atomic E-state index is 12.3. The average molecular weight is 356 g/mol. The first-order valence-electron chi connectivity index (χ1n) is 8.29. The molecule has 0 bridgehead atoms. The number of aromatic nitrogens is 2. The van der Waals surface area contributed by atoms with Crippen molar-refractivity contribution in [2.75, 3.05) is 44.8 Å². The Hall–Kier alpha value is -3.16. The van der Waals surface area contributed by atoms with E-state index < -0.39 is 5.97 Å². The fourth-order valence-electron chi connectivity index (χ4n) is 2.72. The van der Waals surface area contributed by atoms with Crippen LogP contribution >= 0.6 is 0 Å². The normalized spacial score (nSPS) is 14.0. The zero-order chi connectivity index (χ0) is 18.4. The molecule has 0 saturated carbocycles. The summed E-state index contributed by atoms with van der Waals surface area (Å²) in [6.45, 7) is 2.04. The molecule has 2 heterocycles. The van der Waals surface area contributed by atoms with Gasteiger partial charge in [-0.25, -0.2) is 14.8 Å². The third-order valence-electron chi connectivity index (χ3n) is 4.12. The largest absolute Gasteiger partial charge is 0.496 e. The van der Waals surface area contributed by atoms with Gasteiger partial charge in [0.1, 0.15) is 11.3 Å². The van der Waals surface area contributed by atoms with Gasteiger partial charge in [-0.3, -0.25) is 4.79 Å². The van der Waals surface area contributed by atoms with E-state index in [0.29, 0.717) is 43.4 Å². The fourth-order valence-corrected chi connectivity index (χ4v) is 2.72. The number of hydrogen-bond donors (Lipinski definition) is 0. The van der Waals surface area contributed by atoms with Crippen LogP contribution in [0.3, 0.4) is 0 Å². The van der Waals surface area contributed by atoms with Crippen LogP contribution in [0.5, 0.6) is 5.75 Å². The van der Waals surface area contributed by atoms with Crippen molar-refractivity contribution in [2.45, 2.75) is 0 Å². The number of esters is 1. The molecule has 2 aromatic rings. The molecule has 136 valence electrons. The molecule has 1 aliphatic rings. The van der Waals surface area contributed by atoms with E-state index in [-0.39, 0.29) is 12.5 Å². The van der Waals surface area contributed by atoms with Crippen molar-refractivity contribution in [3.63, 3.8) is 0 Å². The zero-order valence-electron chi connectivity index (χ0n) is 14.5. The number of piperazine rings is 1. The van der Waals surface area contributed by atoms with Gasteiger partial charge in [0.05, 0.1) is 7.11 Å². The van der Waals surface area contributed by atoms with Crippen molar-refractivity contribution in [2.24, 2.45) is 0 Å². The number of carbonyl (C=O) groups is 2. The number of nitrogens with zero attached hydrogens (tertiary/aromatic N) is 4. The lowest BCUT2D eigenvalue weighted by Gasteiger charge is -2.34. The third-order valence-corrected chi connectivity index (χ3v) is 4.12. The second kappa shape index (κ2) is 8.28. The summed E-state index contributed by atoms with van der Waals surface area (Å²) in [6, 6.07) is 8.51. The van der Waals surface area contributed by atoms with Crippen LogP contribution in [0, 0.1) is 0 Å². The number of ether oxygens (including phenoxy) is 2. The van der Waals surface area contributed by atoms with E-state index in [4.69, 9.17) is 9.47 Å². The highest BCUT2D eigenvalue weighted by atomic mass is 16.5. The molecule has 0 N–H and O–H groups in total. The summed E-state index contributed by atoms with van der Waals surface area (Å²) in [7, 11) is 1.48. The Morgan fingerprint density at radius 2 is 1.73 bits per heavy atom. The highest BCUT2D eigenvalue weighted by Crippen LogP contribution is 2.18. The number of carbonyl (C=O) groups excluding carboxylic acids is 2. The van der Waals surface area contributed by atoms with E-state index in [1.54, 1.807) is 47.6 Å². The monoisotopic (exact) mass is 356 g/mol. The number of amides is 1. The summed E-state index contributed by atoms with van der Waals surface area (Å²) in [4.78, 5) is 36.6. The standard InChI is InChI=1S/C18H20N4O4/c1-25-15-6-3-2-5-14(15)17(24)26-13-16(23)21-9-11-22(12-10-21)18-19-7-4-8-20-18/h2-8H,9-13H2,1H3. The Kier molecular flexibility index (Phi) is 5.62. The fraction of sp³-hybridized carbons (Fsp3) is 0.333. The molecule has 26 heavy (non-hydrogen) atoms. The van der Waals surface area contributed by atoms with Crippen LogP contribution in [0.25, 0.3) is 0 Å². The van der Waals surface area contributed by atoms with Crippen LogP contribution in [0.15, 0.2) is 42.7 Å². The van der Waals surface area contributed by atoms with Gasteiger partial charge in [0.2, 0.25) is 5.95 Å². The Morgan fingerprint density at radius 1 is 1.04 bits per heavy atom. The number of anilines is 1. The van der Waals surface area contributed by atoms with Crippen LogP contribution in [0.2, 0.25) is 0 Å². The molecule has 0 aliphatic carbocycles. The number of benzene rings is 1. The van der Waals surface area contributed by atoms with E-state index in [9.17, 15) is 9.59 Å². The first kappa shape index (κ1) is 17.7. The van der Waals surface area contributed by atoms with E-state index in [2.05, 4.69) is 9.97 Å². The van der Waals surface area contributed by atoms with Crippen molar-refractivity contribution in [1.29, 1.82) is 0 Å². The number of rotatable bonds is 5. The van der Waals surface area contributed by atoms with Gasteiger partial charge >= 0.3 is 5.97 Å². The van der Waals surface area contributed by atoms with Crippen molar-refractivity contribution in [3.8, 4) is 5.75 Å². The first-order chi connectivity index (χ1) is 12.7. The summed E-state index contributed by atoms with van der Waals surface area (Å²) >= 11 is 0. The predicted molar refractivity (Wildman–Crippen MR) is 94.1 cm³/mol. The van der Waals surface area contributed by atoms with Gasteiger partial charge in [0, 0.05) is 38.6 Å². The summed E-state index contributed by atoms with van der Waals surface area (Å²) in [6.07, 6.45) is 3.38. The summed E-state index contributed by atoms with van der Waals surface area (Å²) < 4.78 is 10.3. The summed E-state index contributed by atoms with van der Waals surface area (Å²) in [5, 5.41) is 0. The van der Waals surface area contributed by atoms with Crippen molar-refractivity contribution in [1.82, 2.24) is 14.9 Å². The smallest absolute Gasteiger partial charge is 0.342 e. The Bertz CT molecular complexity index is 761.